The average Bonchev–Trinajstić information content (AvgIpc) is 3.03. The van der Waals surface area contributed by atoms with Crippen molar-refractivity contribution in [1.29, 1.82) is 0 Å². The van der Waals surface area contributed by atoms with E-state index < -0.39 is 0 Å². The number of nitrogens with two attached hydrogens (primary N) is 1. The summed E-state index contributed by atoms with van der Waals surface area (Å²) in [7, 11) is -0.323. The number of hydrogen-bond donors (Lipinski definition) is 1. The number of ether oxygens (including phenoxy) is 1. The minimum absolute atomic E-state index is 0.323. The summed E-state index contributed by atoms with van der Waals surface area (Å²) in [5.74, 6) is 1.61. The average molecular weight is 558 g/mol. The summed E-state index contributed by atoms with van der Waals surface area (Å²) in [6, 6.07) is 35.0. The number of fused-ring (bicyclic) bond motifs is 2. The van der Waals surface area contributed by atoms with Crippen LogP contribution in [0.4, 0.5) is 5.69 Å². The maximum Gasteiger partial charge on any atom is 0.150 e. The number of nitrogen functional groups attached to an aromatic ring is 1. The van der Waals surface area contributed by atoms with Crippen LogP contribution in [0.1, 0.15) is 64.2 Å². The van der Waals surface area contributed by atoms with Crippen molar-refractivity contribution >= 4 is 40.5 Å². The summed E-state index contributed by atoms with van der Waals surface area (Å²) < 4.78 is 6.76. The largest absolute Gasteiger partial charge is 0.455 e. The van der Waals surface area contributed by atoms with Gasteiger partial charge >= 0.3 is 0 Å². The van der Waals surface area contributed by atoms with Crippen LogP contribution in [-0.2, 0) is 0 Å². The zero-order valence-corrected chi connectivity index (χ0v) is 24.8. The number of anilines is 1. The Hall–Kier alpha value is -3.35. The minimum atomic E-state index is -0.323. The monoisotopic (exact) mass is 557 g/mol. The third-order valence-corrected chi connectivity index (χ3v) is 12.9. The summed E-state index contributed by atoms with van der Waals surface area (Å²) in [4.78, 5) is 0. The molecule has 0 unspecified atom stereocenters. The van der Waals surface area contributed by atoms with E-state index in [9.17, 15) is 0 Å². The zero-order valence-electron chi connectivity index (χ0n) is 23.9. The van der Waals surface area contributed by atoms with E-state index in [4.69, 9.17) is 10.5 Å². The molecule has 5 aromatic carbocycles. The molecule has 2 aliphatic rings. The Balaban J connectivity index is 1.52. The predicted molar refractivity (Wildman–Crippen MR) is 178 cm³/mol. The lowest BCUT2D eigenvalue weighted by molar-refractivity contribution is 0.486. The maximum atomic E-state index is 6.76. The number of hydrogen-bond acceptors (Lipinski definition) is 2. The molecule has 5 aromatic rings. The lowest BCUT2D eigenvalue weighted by Gasteiger charge is -2.40. The van der Waals surface area contributed by atoms with Crippen LogP contribution in [0.2, 0.25) is 0 Å². The SMILES string of the molecule is Nc1ccccc1Oc1ccc2ccccc2c1-c1c(P(C2CCCCC2)C2CCCCC2)ccc2ccccc12. The molecule has 2 saturated carbocycles. The highest BCUT2D eigenvalue weighted by Crippen LogP contribution is 2.57. The van der Waals surface area contributed by atoms with Gasteiger partial charge in [-0.1, -0.05) is 125 Å². The van der Waals surface area contributed by atoms with Crippen molar-refractivity contribution in [3.05, 3.63) is 97.1 Å². The lowest BCUT2D eigenvalue weighted by Crippen LogP contribution is -2.27. The first-order valence-corrected chi connectivity index (χ1v) is 17.1. The molecule has 3 heteroatoms. The van der Waals surface area contributed by atoms with E-state index >= 15 is 0 Å². The molecule has 0 heterocycles. The molecule has 41 heavy (non-hydrogen) atoms. The third kappa shape index (κ3) is 5.24. The van der Waals surface area contributed by atoms with E-state index in [1.807, 2.05) is 24.3 Å². The second-order valence-corrected chi connectivity index (χ2v) is 14.7. The first-order chi connectivity index (χ1) is 20.3. The summed E-state index contributed by atoms with van der Waals surface area (Å²) in [6.45, 7) is 0. The van der Waals surface area contributed by atoms with Gasteiger partial charge in [0.25, 0.3) is 0 Å². The topological polar surface area (TPSA) is 35.2 Å². The van der Waals surface area contributed by atoms with Gasteiger partial charge in [-0.3, -0.25) is 0 Å². The van der Waals surface area contributed by atoms with Gasteiger partial charge in [0.15, 0.2) is 0 Å². The van der Waals surface area contributed by atoms with E-state index in [0.717, 1.165) is 17.1 Å². The summed E-state index contributed by atoms with van der Waals surface area (Å²) in [5.41, 5.74) is 11.3. The van der Waals surface area contributed by atoms with Crippen LogP contribution in [0.25, 0.3) is 32.7 Å². The van der Waals surface area contributed by atoms with Crippen LogP contribution in [0.3, 0.4) is 0 Å². The Labute approximate surface area is 245 Å². The van der Waals surface area contributed by atoms with Crippen LogP contribution >= 0.6 is 7.92 Å². The molecule has 2 fully saturated rings. The molecule has 0 spiro atoms. The van der Waals surface area contributed by atoms with Gasteiger partial charge in [-0.25, -0.2) is 0 Å². The standard InChI is InChI=1S/C38H40NOP/c39-33-21-11-12-22-34(33)40-35-25-23-27-13-7-9-19-31(27)37(35)38-32-20-10-8-14-28(32)24-26-36(38)41(29-15-3-1-4-16-29)30-17-5-2-6-18-30/h7-14,19-26,29-30H,1-6,15-18,39H2. The van der Waals surface area contributed by atoms with Crippen molar-refractivity contribution in [1.82, 2.24) is 0 Å². The molecular formula is C38H40NOP. The first-order valence-electron chi connectivity index (χ1n) is 15.6. The fourth-order valence-electron chi connectivity index (χ4n) is 7.43. The molecule has 7 rings (SSSR count). The minimum Gasteiger partial charge on any atom is -0.455 e. The fourth-order valence-corrected chi connectivity index (χ4v) is 11.4. The Morgan fingerprint density at radius 1 is 0.512 bits per heavy atom. The van der Waals surface area contributed by atoms with Crippen LogP contribution in [-0.4, -0.2) is 11.3 Å². The van der Waals surface area contributed by atoms with Gasteiger partial charge in [0.2, 0.25) is 0 Å². The van der Waals surface area contributed by atoms with E-state index in [2.05, 4.69) is 72.8 Å². The molecule has 0 aromatic heterocycles. The highest BCUT2D eigenvalue weighted by Gasteiger charge is 2.35. The Bertz CT molecular complexity index is 1650. The maximum absolute atomic E-state index is 6.76. The van der Waals surface area contributed by atoms with E-state index in [-0.39, 0.29) is 7.92 Å². The molecule has 208 valence electrons. The lowest BCUT2D eigenvalue weighted by atomic mass is 9.93. The molecular weight excluding hydrogens is 517 g/mol. The molecule has 0 radical (unpaired) electrons. The van der Waals surface area contributed by atoms with Crippen LogP contribution in [0.5, 0.6) is 11.5 Å². The van der Waals surface area contributed by atoms with Gasteiger partial charge < -0.3 is 10.5 Å². The van der Waals surface area contributed by atoms with Crippen molar-refractivity contribution in [2.45, 2.75) is 75.5 Å². The van der Waals surface area contributed by atoms with Crippen molar-refractivity contribution in [2.75, 3.05) is 5.73 Å². The number of para-hydroxylation sites is 2. The summed E-state index contributed by atoms with van der Waals surface area (Å²) in [6.07, 6.45) is 13.9. The molecule has 2 N–H and O–H groups in total. The molecule has 2 nitrogen and oxygen atoms in total. The summed E-state index contributed by atoms with van der Waals surface area (Å²) >= 11 is 0. The van der Waals surface area contributed by atoms with Crippen molar-refractivity contribution < 1.29 is 4.74 Å². The zero-order chi connectivity index (χ0) is 27.6. The first kappa shape index (κ1) is 26.5. The quantitative estimate of drug-likeness (QED) is 0.166. The summed E-state index contributed by atoms with van der Waals surface area (Å²) in [5, 5.41) is 6.73. The van der Waals surface area contributed by atoms with Crippen LogP contribution in [0, 0.1) is 0 Å². The van der Waals surface area contributed by atoms with Crippen LogP contribution < -0.4 is 15.8 Å². The van der Waals surface area contributed by atoms with Crippen molar-refractivity contribution in [2.24, 2.45) is 0 Å². The van der Waals surface area contributed by atoms with Gasteiger partial charge in [-0.2, -0.15) is 0 Å². The highest BCUT2D eigenvalue weighted by atomic mass is 31.1. The molecule has 0 atom stereocenters. The van der Waals surface area contributed by atoms with Crippen LogP contribution in [0.15, 0.2) is 97.1 Å². The fraction of sp³-hybridized carbons (Fsp3) is 0.316. The smallest absolute Gasteiger partial charge is 0.150 e. The normalized spacial score (nSPS) is 16.9. The molecule has 0 amide bonds. The Morgan fingerprint density at radius 3 is 1.68 bits per heavy atom. The van der Waals surface area contributed by atoms with E-state index in [1.54, 1.807) is 5.30 Å². The number of benzene rings is 5. The highest BCUT2D eigenvalue weighted by molar-refractivity contribution is 7.67. The Kier molecular flexibility index (Phi) is 7.68. The van der Waals surface area contributed by atoms with Crippen molar-refractivity contribution in [3.63, 3.8) is 0 Å². The molecule has 0 saturated heterocycles. The number of rotatable bonds is 6. The van der Waals surface area contributed by atoms with Gasteiger partial charge in [0.05, 0.1) is 5.69 Å². The third-order valence-electron chi connectivity index (χ3n) is 9.40. The van der Waals surface area contributed by atoms with Crippen molar-refractivity contribution in [3.8, 4) is 22.6 Å². The van der Waals surface area contributed by atoms with Gasteiger partial charge in [0.1, 0.15) is 11.5 Å². The van der Waals surface area contributed by atoms with E-state index in [1.165, 1.54) is 96.9 Å². The van der Waals surface area contributed by atoms with Gasteiger partial charge in [-0.15, -0.1) is 0 Å². The van der Waals surface area contributed by atoms with Gasteiger partial charge in [0, 0.05) is 11.1 Å². The molecule has 2 aliphatic carbocycles. The Morgan fingerprint density at radius 2 is 1.05 bits per heavy atom. The predicted octanol–water partition coefficient (Wildman–Crippen LogP) is 10.8. The molecule has 0 bridgehead atoms. The second-order valence-electron chi connectivity index (χ2n) is 12.0. The second kappa shape index (κ2) is 11.9. The molecule has 0 aliphatic heterocycles. The van der Waals surface area contributed by atoms with Gasteiger partial charge in [-0.05, 0) is 82.0 Å². The van der Waals surface area contributed by atoms with E-state index in [0.29, 0.717) is 11.4 Å².